The summed E-state index contributed by atoms with van der Waals surface area (Å²) in [6.07, 6.45) is 3.20. The van der Waals surface area contributed by atoms with Crippen LogP contribution in [0.15, 0.2) is 46.6 Å². The normalized spacial score (nSPS) is 11.1. The lowest BCUT2D eigenvalue weighted by Gasteiger charge is -2.14. The predicted molar refractivity (Wildman–Crippen MR) is 98.7 cm³/mol. The number of likely N-dealkylation sites (N-methyl/N-ethyl adjacent to an activating group) is 1. The number of fused-ring (bicyclic) bond motifs is 1. The van der Waals surface area contributed by atoms with Gasteiger partial charge in [-0.2, -0.15) is 0 Å². The second-order valence-corrected chi connectivity index (χ2v) is 6.37. The van der Waals surface area contributed by atoms with Crippen LogP contribution in [0.1, 0.15) is 11.4 Å². The second kappa shape index (κ2) is 7.31. The minimum atomic E-state index is -0.184. The van der Waals surface area contributed by atoms with E-state index in [4.69, 9.17) is 4.74 Å². The van der Waals surface area contributed by atoms with Gasteiger partial charge in [-0.25, -0.2) is 4.98 Å². The number of nitrogens with one attached hydrogen (secondary N) is 1. The maximum atomic E-state index is 12.3. The highest BCUT2D eigenvalue weighted by Crippen LogP contribution is 2.15. The fourth-order valence-electron chi connectivity index (χ4n) is 2.34. The number of nitrogens with zero attached hydrogens (tertiary/aromatic N) is 2. The molecule has 0 aliphatic heterocycles. The number of rotatable bonds is 5. The van der Waals surface area contributed by atoms with E-state index in [1.807, 2.05) is 29.6 Å². The Hall–Kier alpha value is -2.93. The van der Waals surface area contributed by atoms with Crippen molar-refractivity contribution in [2.24, 2.45) is 0 Å². The fourth-order valence-corrected chi connectivity index (χ4v) is 3.06. The molecule has 128 valence electrons. The van der Waals surface area contributed by atoms with Gasteiger partial charge in [0.15, 0.2) is 0 Å². The van der Waals surface area contributed by atoms with E-state index in [1.165, 1.54) is 22.3 Å². The molecular formula is C18H17N3O3S. The fraction of sp³-hybridized carbons (Fsp3) is 0.167. The molecular weight excluding hydrogens is 338 g/mol. The lowest BCUT2D eigenvalue weighted by atomic mass is 10.2. The zero-order valence-electron chi connectivity index (χ0n) is 13.9. The van der Waals surface area contributed by atoms with Crippen molar-refractivity contribution in [3.05, 3.63) is 63.5 Å². The average Bonchev–Trinajstić information content (AvgIpc) is 3.09. The molecule has 0 aliphatic carbocycles. The van der Waals surface area contributed by atoms with Crippen molar-refractivity contribution in [1.29, 1.82) is 0 Å². The molecule has 3 rings (SSSR count). The van der Waals surface area contributed by atoms with E-state index in [2.05, 4.69) is 9.97 Å². The first kappa shape index (κ1) is 16.9. The van der Waals surface area contributed by atoms with E-state index < -0.39 is 0 Å². The molecule has 0 spiro atoms. The monoisotopic (exact) mass is 355 g/mol. The Kier molecular flexibility index (Phi) is 4.95. The number of thiophene rings is 1. The molecule has 2 heterocycles. The lowest BCUT2D eigenvalue weighted by molar-refractivity contribution is -0.125. The van der Waals surface area contributed by atoms with Gasteiger partial charge < -0.3 is 14.6 Å². The van der Waals surface area contributed by atoms with E-state index in [0.29, 0.717) is 16.0 Å². The maximum Gasteiger partial charge on any atom is 0.268 e. The Balaban J connectivity index is 1.71. The number of ether oxygens (including phenoxy) is 1. The molecule has 25 heavy (non-hydrogen) atoms. The first-order valence-corrected chi connectivity index (χ1v) is 8.48. The predicted octanol–water partition coefficient (Wildman–Crippen LogP) is 2.67. The Morgan fingerprint density at radius 1 is 1.40 bits per heavy atom. The van der Waals surface area contributed by atoms with Crippen LogP contribution < -0.4 is 10.3 Å². The highest BCUT2D eigenvalue weighted by molar-refractivity contribution is 7.17. The van der Waals surface area contributed by atoms with Crippen LogP contribution >= 0.6 is 11.3 Å². The summed E-state index contributed by atoms with van der Waals surface area (Å²) in [4.78, 5) is 32.8. The summed E-state index contributed by atoms with van der Waals surface area (Å²) in [5.74, 6) is 1.01. The molecule has 0 fully saturated rings. The van der Waals surface area contributed by atoms with Crippen LogP contribution in [-0.4, -0.2) is 34.9 Å². The Morgan fingerprint density at radius 3 is 3.04 bits per heavy atom. The van der Waals surface area contributed by atoms with Crippen molar-refractivity contribution in [3.63, 3.8) is 0 Å². The molecule has 2 aromatic heterocycles. The van der Waals surface area contributed by atoms with Crippen molar-refractivity contribution >= 4 is 33.5 Å². The van der Waals surface area contributed by atoms with Crippen molar-refractivity contribution in [2.75, 3.05) is 14.2 Å². The van der Waals surface area contributed by atoms with Gasteiger partial charge in [0.2, 0.25) is 5.91 Å². The third-order valence-corrected chi connectivity index (χ3v) is 4.54. The summed E-state index contributed by atoms with van der Waals surface area (Å²) < 4.78 is 5.75. The number of methoxy groups -OCH3 is 1. The van der Waals surface area contributed by atoms with E-state index in [0.717, 1.165) is 11.3 Å². The summed E-state index contributed by atoms with van der Waals surface area (Å²) in [6.45, 7) is 0.225. The third-order valence-electron chi connectivity index (χ3n) is 3.64. The molecule has 0 atom stereocenters. The summed E-state index contributed by atoms with van der Waals surface area (Å²) in [7, 11) is 3.26. The summed E-state index contributed by atoms with van der Waals surface area (Å²) in [5, 5.41) is 1.82. The number of benzene rings is 1. The summed E-state index contributed by atoms with van der Waals surface area (Å²) in [6, 6.07) is 9.22. The Bertz CT molecular complexity index is 990. The van der Waals surface area contributed by atoms with E-state index >= 15 is 0 Å². The number of amides is 1. The van der Waals surface area contributed by atoms with Gasteiger partial charge in [0.05, 0.1) is 19.2 Å². The van der Waals surface area contributed by atoms with Crippen LogP contribution in [-0.2, 0) is 11.3 Å². The van der Waals surface area contributed by atoms with Crippen LogP contribution in [0, 0.1) is 0 Å². The average molecular weight is 355 g/mol. The smallest absolute Gasteiger partial charge is 0.268 e. The van der Waals surface area contributed by atoms with E-state index in [-0.39, 0.29) is 18.0 Å². The van der Waals surface area contributed by atoms with Gasteiger partial charge in [0.25, 0.3) is 5.56 Å². The first-order chi connectivity index (χ1) is 12.1. The van der Waals surface area contributed by atoms with Gasteiger partial charge in [-0.1, -0.05) is 12.1 Å². The Morgan fingerprint density at radius 2 is 2.24 bits per heavy atom. The zero-order chi connectivity index (χ0) is 17.8. The van der Waals surface area contributed by atoms with Crippen LogP contribution in [0.4, 0.5) is 0 Å². The largest absolute Gasteiger partial charge is 0.497 e. The molecule has 1 aromatic carbocycles. The highest BCUT2D eigenvalue weighted by Gasteiger charge is 2.10. The van der Waals surface area contributed by atoms with Gasteiger partial charge in [-0.3, -0.25) is 9.59 Å². The summed E-state index contributed by atoms with van der Waals surface area (Å²) >= 11 is 1.35. The zero-order valence-corrected chi connectivity index (χ0v) is 14.7. The van der Waals surface area contributed by atoms with Crippen LogP contribution in [0.5, 0.6) is 5.75 Å². The molecule has 0 unspecified atom stereocenters. The molecule has 1 amide bonds. The molecule has 3 aromatic rings. The number of aromatic amines is 1. The standard InChI is InChI=1S/C18H17N3O3S/c1-21(11-15-19-14-8-9-25-17(14)18(23)20-15)16(22)7-6-12-4-3-5-13(10-12)24-2/h3-10H,11H2,1-2H3,(H,19,20,23)/b7-6-. The first-order valence-electron chi connectivity index (χ1n) is 7.60. The topological polar surface area (TPSA) is 75.3 Å². The van der Waals surface area contributed by atoms with E-state index in [1.54, 1.807) is 26.3 Å². The number of aromatic nitrogens is 2. The molecule has 1 N–H and O–H groups in total. The molecule has 0 saturated carbocycles. The van der Waals surface area contributed by atoms with E-state index in [9.17, 15) is 9.59 Å². The lowest BCUT2D eigenvalue weighted by Crippen LogP contribution is -2.26. The quantitative estimate of drug-likeness (QED) is 0.714. The minimum absolute atomic E-state index is 0.178. The maximum absolute atomic E-state index is 12.3. The van der Waals surface area contributed by atoms with Gasteiger partial charge in [-0.15, -0.1) is 11.3 Å². The minimum Gasteiger partial charge on any atom is -0.497 e. The van der Waals surface area contributed by atoms with Crippen molar-refractivity contribution in [2.45, 2.75) is 6.54 Å². The SMILES string of the molecule is COc1cccc(/C=C\C(=O)N(C)Cc2nc3ccsc3c(=O)[nH]2)c1. The van der Waals surface area contributed by atoms with Crippen LogP contribution in [0.3, 0.4) is 0 Å². The molecule has 6 nitrogen and oxygen atoms in total. The van der Waals surface area contributed by atoms with Gasteiger partial charge in [-0.05, 0) is 35.2 Å². The van der Waals surface area contributed by atoms with Crippen LogP contribution in [0.2, 0.25) is 0 Å². The van der Waals surface area contributed by atoms with Crippen LogP contribution in [0.25, 0.3) is 16.3 Å². The number of H-pyrrole nitrogens is 1. The summed E-state index contributed by atoms with van der Waals surface area (Å²) in [5.41, 5.74) is 1.34. The number of hydrogen-bond donors (Lipinski definition) is 1. The van der Waals surface area contributed by atoms with Crippen molar-refractivity contribution in [1.82, 2.24) is 14.9 Å². The molecule has 0 bridgehead atoms. The van der Waals surface area contributed by atoms with Gasteiger partial charge in [0.1, 0.15) is 16.3 Å². The second-order valence-electron chi connectivity index (χ2n) is 5.45. The molecule has 0 aliphatic rings. The molecule has 7 heteroatoms. The van der Waals surface area contributed by atoms with Crippen molar-refractivity contribution in [3.8, 4) is 5.75 Å². The molecule has 0 saturated heterocycles. The van der Waals surface area contributed by atoms with Gasteiger partial charge in [0, 0.05) is 13.1 Å². The number of carbonyl (C=O) groups is 1. The van der Waals surface area contributed by atoms with Gasteiger partial charge >= 0.3 is 0 Å². The van der Waals surface area contributed by atoms with Crippen molar-refractivity contribution < 1.29 is 9.53 Å². The number of hydrogen-bond acceptors (Lipinski definition) is 5. The molecule has 0 radical (unpaired) electrons. The number of carbonyl (C=O) groups excluding carboxylic acids is 1. The third kappa shape index (κ3) is 3.95. The Labute approximate surface area is 148 Å². The highest BCUT2D eigenvalue weighted by atomic mass is 32.1.